The fourth-order valence-corrected chi connectivity index (χ4v) is 2.57. The number of hydrogen-bond donors (Lipinski definition) is 2. The highest BCUT2D eigenvalue weighted by Gasteiger charge is 2.28. The number of piperidine rings is 1. The van der Waals surface area contributed by atoms with Gasteiger partial charge in [0.1, 0.15) is 11.8 Å². The van der Waals surface area contributed by atoms with Crippen LogP contribution < -0.4 is 5.32 Å². The Bertz CT molecular complexity index is 622. The summed E-state index contributed by atoms with van der Waals surface area (Å²) >= 11 is 0. The molecule has 3 rings (SSSR count). The lowest BCUT2D eigenvalue weighted by Gasteiger charge is -2.26. The molecule has 1 aromatic heterocycles. The summed E-state index contributed by atoms with van der Waals surface area (Å²) < 4.78 is 19.1. The zero-order valence-electron chi connectivity index (χ0n) is 10.2. The molecule has 5 heteroatoms. The number of carboxylic acids is 1. The lowest BCUT2D eigenvalue weighted by atomic mass is 9.97. The highest BCUT2D eigenvalue weighted by Crippen LogP contribution is 2.31. The first kappa shape index (κ1) is 12.2. The Kier molecular flexibility index (Phi) is 2.98. The van der Waals surface area contributed by atoms with Crippen molar-refractivity contribution in [2.45, 2.75) is 31.3 Å². The number of fused-ring (bicyclic) bond motifs is 1. The molecule has 2 N–H and O–H groups in total. The van der Waals surface area contributed by atoms with Crippen molar-refractivity contribution in [3.63, 3.8) is 0 Å². The van der Waals surface area contributed by atoms with Crippen LogP contribution >= 0.6 is 0 Å². The van der Waals surface area contributed by atoms with Gasteiger partial charge in [-0.05, 0) is 31.4 Å². The molecular weight excluding hydrogens is 249 g/mol. The quantitative estimate of drug-likeness (QED) is 0.874. The van der Waals surface area contributed by atoms with Crippen molar-refractivity contribution in [3.8, 4) is 0 Å². The summed E-state index contributed by atoms with van der Waals surface area (Å²) in [5.41, 5.74) is 0.233. The molecule has 0 aliphatic carbocycles. The Labute approximate surface area is 109 Å². The van der Waals surface area contributed by atoms with Crippen molar-refractivity contribution in [2.75, 3.05) is 0 Å². The predicted molar refractivity (Wildman–Crippen MR) is 67.3 cm³/mol. The molecule has 4 nitrogen and oxygen atoms in total. The maximum absolute atomic E-state index is 13.6. The van der Waals surface area contributed by atoms with Gasteiger partial charge in [0, 0.05) is 5.39 Å². The summed E-state index contributed by atoms with van der Waals surface area (Å²) in [6.07, 6.45) is 2.22. The molecule has 19 heavy (non-hydrogen) atoms. The first-order chi connectivity index (χ1) is 9.15. The molecule has 1 aromatic carbocycles. The number of nitrogens with one attached hydrogen (secondary N) is 1. The summed E-state index contributed by atoms with van der Waals surface area (Å²) in [7, 11) is 0. The van der Waals surface area contributed by atoms with Gasteiger partial charge < -0.3 is 9.52 Å². The van der Waals surface area contributed by atoms with Crippen LogP contribution in [-0.4, -0.2) is 17.1 Å². The Hall–Kier alpha value is -1.88. The highest BCUT2D eigenvalue weighted by molar-refractivity contribution is 5.78. The van der Waals surface area contributed by atoms with Crippen LogP contribution in [-0.2, 0) is 4.79 Å². The van der Waals surface area contributed by atoms with Crippen LogP contribution in [0.5, 0.6) is 0 Å². The number of hydrogen-bond acceptors (Lipinski definition) is 3. The van der Waals surface area contributed by atoms with Gasteiger partial charge in [0.15, 0.2) is 11.4 Å². The molecule has 0 radical (unpaired) electrons. The molecule has 0 bridgehead atoms. The summed E-state index contributed by atoms with van der Waals surface area (Å²) in [5, 5.41) is 12.8. The van der Waals surface area contributed by atoms with Gasteiger partial charge in [-0.25, -0.2) is 4.39 Å². The third-order valence-corrected chi connectivity index (χ3v) is 3.54. The molecule has 1 aliphatic rings. The van der Waals surface area contributed by atoms with Crippen molar-refractivity contribution < 1.29 is 18.7 Å². The second-order valence-electron chi connectivity index (χ2n) is 4.85. The Balaban J connectivity index is 1.91. The van der Waals surface area contributed by atoms with Crippen molar-refractivity contribution in [1.82, 2.24) is 5.32 Å². The molecule has 1 saturated heterocycles. The Morgan fingerprint density at radius 3 is 3.00 bits per heavy atom. The van der Waals surface area contributed by atoms with Crippen LogP contribution in [0.3, 0.4) is 0 Å². The van der Waals surface area contributed by atoms with E-state index in [-0.39, 0.29) is 11.6 Å². The first-order valence-corrected chi connectivity index (χ1v) is 6.32. The van der Waals surface area contributed by atoms with Crippen LogP contribution in [0.1, 0.15) is 31.1 Å². The number of benzene rings is 1. The van der Waals surface area contributed by atoms with Gasteiger partial charge in [-0.15, -0.1) is 0 Å². The molecule has 2 aromatic rings. The highest BCUT2D eigenvalue weighted by atomic mass is 19.1. The van der Waals surface area contributed by atoms with Crippen molar-refractivity contribution in [1.29, 1.82) is 0 Å². The average Bonchev–Trinajstić information content (AvgIpc) is 2.84. The minimum absolute atomic E-state index is 0.165. The summed E-state index contributed by atoms with van der Waals surface area (Å²) in [6.45, 7) is 0. The van der Waals surface area contributed by atoms with E-state index in [1.807, 2.05) is 0 Å². The predicted octanol–water partition coefficient (Wildman–Crippen LogP) is 2.84. The summed E-state index contributed by atoms with van der Waals surface area (Å²) in [6, 6.07) is 5.82. The third-order valence-electron chi connectivity index (χ3n) is 3.54. The van der Waals surface area contributed by atoms with Crippen LogP contribution in [0, 0.1) is 5.82 Å². The SMILES string of the molecule is O=C(O)C1CCCC(c2cc3cccc(F)c3o2)N1. The van der Waals surface area contributed by atoms with E-state index in [9.17, 15) is 9.18 Å². The van der Waals surface area contributed by atoms with E-state index in [2.05, 4.69) is 5.32 Å². The van der Waals surface area contributed by atoms with E-state index in [1.54, 1.807) is 18.2 Å². The molecule has 2 unspecified atom stereocenters. The fraction of sp³-hybridized carbons (Fsp3) is 0.357. The Morgan fingerprint density at radius 1 is 1.42 bits per heavy atom. The van der Waals surface area contributed by atoms with Crippen molar-refractivity contribution >= 4 is 16.9 Å². The zero-order valence-corrected chi connectivity index (χ0v) is 10.2. The largest absolute Gasteiger partial charge is 0.480 e. The molecule has 0 saturated carbocycles. The molecule has 2 atom stereocenters. The number of para-hydroxylation sites is 1. The second kappa shape index (κ2) is 4.66. The van der Waals surface area contributed by atoms with E-state index in [1.165, 1.54) is 6.07 Å². The Morgan fingerprint density at radius 2 is 2.26 bits per heavy atom. The van der Waals surface area contributed by atoms with E-state index < -0.39 is 17.8 Å². The van der Waals surface area contributed by atoms with E-state index in [0.29, 0.717) is 17.6 Å². The van der Waals surface area contributed by atoms with E-state index in [4.69, 9.17) is 9.52 Å². The van der Waals surface area contributed by atoms with Gasteiger partial charge in [-0.2, -0.15) is 0 Å². The minimum atomic E-state index is -0.855. The maximum Gasteiger partial charge on any atom is 0.320 e. The lowest BCUT2D eigenvalue weighted by Crippen LogP contribution is -2.42. The van der Waals surface area contributed by atoms with Crippen LogP contribution in [0.4, 0.5) is 4.39 Å². The molecule has 100 valence electrons. The minimum Gasteiger partial charge on any atom is -0.480 e. The van der Waals surface area contributed by atoms with Crippen molar-refractivity contribution in [3.05, 3.63) is 35.8 Å². The fourth-order valence-electron chi connectivity index (χ4n) is 2.57. The molecule has 0 amide bonds. The van der Waals surface area contributed by atoms with Gasteiger partial charge in [0.2, 0.25) is 0 Å². The van der Waals surface area contributed by atoms with E-state index in [0.717, 1.165) is 12.8 Å². The van der Waals surface area contributed by atoms with Crippen LogP contribution in [0.25, 0.3) is 11.0 Å². The number of carboxylic acid groups (broad SMARTS) is 1. The van der Waals surface area contributed by atoms with Crippen LogP contribution in [0.15, 0.2) is 28.7 Å². The van der Waals surface area contributed by atoms with Gasteiger partial charge >= 0.3 is 5.97 Å². The van der Waals surface area contributed by atoms with E-state index >= 15 is 0 Å². The smallest absolute Gasteiger partial charge is 0.320 e. The topological polar surface area (TPSA) is 62.5 Å². The number of furan rings is 1. The second-order valence-corrected chi connectivity index (χ2v) is 4.85. The van der Waals surface area contributed by atoms with Crippen molar-refractivity contribution in [2.24, 2.45) is 0 Å². The zero-order chi connectivity index (χ0) is 13.4. The van der Waals surface area contributed by atoms with Gasteiger partial charge in [0.25, 0.3) is 0 Å². The standard InChI is InChI=1S/C14H14FNO3/c15-9-4-1-3-8-7-12(19-13(8)9)10-5-2-6-11(16-10)14(17)18/h1,3-4,7,10-11,16H,2,5-6H2,(H,17,18). The molecule has 1 aliphatic heterocycles. The number of aliphatic carboxylic acids is 1. The van der Waals surface area contributed by atoms with Gasteiger partial charge in [0.05, 0.1) is 6.04 Å². The monoisotopic (exact) mass is 263 g/mol. The average molecular weight is 263 g/mol. The number of halogens is 1. The molecule has 0 spiro atoms. The summed E-state index contributed by atoms with van der Waals surface area (Å²) in [5.74, 6) is -0.646. The third kappa shape index (κ3) is 2.21. The molecule has 1 fully saturated rings. The molecule has 2 heterocycles. The maximum atomic E-state index is 13.6. The first-order valence-electron chi connectivity index (χ1n) is 6.32. The van der Waals surface area contributed by atoms with Crippen LogP contribution in [0.2, 0.25) is 0 Å². The normalized spacial score (nSPS) is 23.6. The lowest BCUT2D eigenvalue weighted by molar-refractivity contribution is -0.140. The van der Waals surface area contributed by atoms with Gasteiger partial charge in [-0.1, -0.05) is 12.1 Å². The van der Waals surface area contributed by atoms with Gasteiger partial charge in [-0.3, -0.25) is 10.1 Å². The molecular formula is C14H14FNO3. The number of carbonyl (C=O) groups is 1. The summed E-state index contributed by atoms with van der Waals surface area (Å²) in [4.78, 5) is 11.0. The number of rotatable bonds is 2.